The molecule has 1 aromatic carbocycles. The summed E-state index contributed by atoms with van der Waals surface area (Å²) in [6.45, 7) is 1.98. The summed E-state index contributed by atoms with van der Waals surface area (Å²) in [5, 5.41) is 6.17. The number of ether oxygens (including phenoxy) is 1. The van der Waals surface area contributed by atoms with Crippen molar-refractivity contribution in [1.82, 2.24) is 14.8 Å². The lowest BCUT2D eigenvalue weighted by atomic mass is 10.2. The van der Waals surface area contributed by atoms with Gasteiger partial charge in [0.05, 0.1) is 5.69 Å². The molecule has 2 aromatic heterocycles. The molecular formula is C15H14BrN3O. The Morgan fingerprint density at radius 2 is 2.05 bits per heavy atom. The van der Waals surface area contributed by atoms with Crippen LogP contribution in [0.1, 0.15) is 11.3 Å². The minimum atomic E-state index is 0.709. The summed E-state index contributed by atoms with van der Waals surface area (Å²) in [5.74, 6) is 1.49. The van der Waals surface area contributed by atoms with Gasteiger partial charge in [0.15, 0.2) is 5.75 Å². The quantitative estimate of drug-likeness (QED) is 0.682. The lowest BCUT2D eigenvalue weighted by Crippen LogP contribution is -1.97. The SMILES string of the molecule is Cc1nn(C)c(Oc2cccc3cccnc23)c1CBr. The van der Waals surface area contributed by atoms with Crippen LogP contribution in [-0.4, -0.2) is 14.8 Å². The Labute approximate surface area is 125 Å². The van der Waals surface area contributed by atoms with Crippen LogP contribution in [-0.2, 0) is 12.4 Å². The number of alkyl halides is 1. The predicted molar refractivity (Wildman–Crippen MR) is 82.4 cm³/mol. The van der Waals surface area contributed by atoms with Gasteiger partial charge < -0.3 is 4.74 Å². The van der Waals surface area contributed by atoms with Crippen molar-refractivity contribution >= 4 is 26.8 Å². The van der Waals surface area contributed by atoms with E-state index in [1.807, 2.05) is 44.3 Å². The second-order valence-corrected chi connectivity index (χ2v) is 5.12. The van der Waals surface area contributed by atoms with E-state index in [1.165, 1.54) is 0 Å². The van der Waals surface area contributed by atoms with Crippen molar-refractivity contribution in [2.75, 3.05) is 0 Å². The fraction of sp³-hybridized carbons (Fsp3) is 0.200. The van der Waals surface area contributed by atoms with Crippen LogP contribution in [0.5, 0.6) is 11.6 Å². The highest BCUT2D eigenvalue weighted by Gasteiger charge is 2.15. The number of aromatic nitrogens is 3. The summed E-state index contributed by atoms with van der Waals surface area (Å²) >= 11 is 3.49. The Bertz CT molecular complexity index is 762. The molecule has 0 aliphatic rings. The molecule has 3 aromatic rings. The first-order valence-electron chi connectivity index (χ1n) is 6.30. The number of hydrogen-bond acceptors (Lipinski definition) is 3. The van der Waals surface area contributed by atoms with Gasteiger partial charge in [0.2, 0.25) is 5.88 Å². The van der Waals surface area contributed by atoms with Gasteiger partial charge in [-0.25, -0.2) is 4.68 Å². The second-order valence-electron chi connectivity index (χ2n) is 4.56. The monoisotopic (exact) mass is 331 g/mol. The lowest BCUT2D eigenvalue weighted by molar-refractivity contribution is 0.431. The van der Waals surface area contributed by atoms with Crippen molar-refractivity contribution in [3.05, 3.63) is 47.8 Å². The van der Waals surface area contributed by atoms with E-state index < -0.39 is 0 Å². The van der Waals surface area contributed by atoms with Crippen molar-refractivity contribution in [2.45, 2.75) is 12.3 Å². The van der Waals surface area contributed by atoms with Gasteiger partial charge in [-0.1, -0.05) is 34.1 Å². The first-order chi connectivity index (χ1) is 9.70. The molecule has 0 fully saturated rings. The van der Waals surface area contributed by atoms with Gasteiger partial charge in [-0.2, -0.15) is 5.10 Å². The van der Waals surface area contributed by atoms with E-state index >= 15 is 0 Å². The molecule has 0 unspecified atom stereocenters. The molecule has 0 atom stereocenters. The van der Waals surface area contributed by atoms with Crippen LogP contribution in [0.15, 0.2) is 36.5 Å². The minimum Gasteiger partial charge on any atom is -0.437 e. The number of halogens is 1. The van der Waals surface area contributed by atoms with Crippen LogP contribution < -0.4 is 4.74 Å². The van der Waals surface area contributed by atoms with Gasteiger partial charge in [-0.15, -0.1) is 0 Å². The number of fused-ring (bicyclic) bond motifs is 1. The Balaban J connectivity index is 2.10. The van der Waals surface area contributed by atoms with Crippen molar-refractivity contribution < 1.29 is 4.74 Å². The van der Waals surface area contributed by atoms with Crippen LogP contribution in [0.3, 0.4) is 0 Å². The van der Waals surface area contributed by atoms with E-state index in [-0.39, 0.29) is 0 Å². The third kappa shape index (κ3) is 2.18. The van der Waals surface area contributed by atoms with Crippen molar-refractivity contribution in [1.29, 1.82) is 0 Å². The van der Waals surface area contributed by atoms with Gasteiger partial charge in [0.1, 0.15) is 5.52 Å². The molecule has 20 heavy (non-hydrogen) atoms. The summed E-state index contributed by atoms with van der Waals surface area (Å²) in [4.78, 5) is 4.40. The summed E-state index contributed by atoms with van der Waals surface area (Å²) < 4.78 is 7.83. The molecule has 0 aliphatic heterocycles. The first-order valence-corrected chi connectivity index (χ1v) is 7.43. The van der Waals surface area contributed by atoms with Gasteiger partial charge in [-0.05, 0) is 19.1 Å². The van der Waals surface area contributed by atoms with E-state index in [0.29, 0.717) is 5.33 Å². The van der Waals surface area contributed by atoms with Crippen molar-refractivity contribution in [2.24, 2.45) is 7.05 Å². The zero-order chi connectivity index (χ0) is 14.1. The lowest BCUT2D eigenvalue weighted by Gasteiger charge is -2.09. The molecule has 102 valence electrons. The Morgan fingerprint density at radius 1 is 1.25 bits per heavy atom. The van der Waals surface area contributed by atoms with Crippen LogP contribution in [0.4, 0.5) is 0 Å². The largest absolute Gasteiger partial charge is 0.437 e. The topological polar surface area (TPSA) is 39.9 Å². The molecule has 0 saturated heterocycles. The number of rotatable bonds is 3. The number of nitrogens with zero attached hydrogens (tertiary/aromatic N) is 3. The predicted octanol–water partition coefficient (Wildman–Crippen LogP) is 3.96. The zero-order valence-corrected chi connectivity index (χ0v) is 12.9. The molecule has 0 aliphatic carbocycles. The average Bonchev–Trinajstić information content (AvgIpc) is 2.73. The van der Waals surface area contributed by atoms with E-state index in [9.17, 15) is 0 Å². The molecule has 0 radical (unpaired) electrons. The molecular weight excluding hydrogens is 318 g/mol. The van der Waals surface area contributed by atoms with Gasteiger partial charge in [0, 0.05) is 29.5 Å². The zero-order valence-electron chi connectivity index (χ0n) is 11.3. The molecule has 4 nitrogen and oxygen atoms in total. The standard InChI is InChI=1S/C15H14BrN3O/c1-10-12(9-16)15(19(2)18-10)20-13-7-3-5-11-6-4-8-17-14(11)13/h3-8H,9H2,1-2H3. The van der Waals surface area contributed by atoms with Gasteiger partial charge in [0.25, 0.3) is 0 Å². The average molecular weight is 332 g/mol. The highest BCUT2D eigenvalue weighted by molar-refractivity contribution is 9.08. The molecule has 0 amide bonds. The Hall–Kier alpha value is -1.88. The summed E-state index contributed by atoms with van der Waals surface area (Å²) in [6.07, 6.45) is 1.77. The van der Waals surface area contributed by atoms with E-state index in [4.69, 9.17) is 4.74 Å². The minimum absolute atomic E-state index is 0.709. The number of pyridine rings is 1. The van der Waals surface area contributed by atoms with Crippen LogP contribution in [0.2, 0.25) is 0 Å². The molecule has 0 N–H and O–H groups in total. The normalized spacial score (nSPS) is 10.9. The molecule has 0 bridgehead atoms. The van der Waals surface area contributed by atoms with Crippen LogP contribution in [0, 0.1) is 6.92 Å². The fourth-order valence-electron chi connectivity index (χ4n) is 2.23. The number of hydrogen-bond donors (Lipinski definition) is 0. The smallest absolute Gasteiger partial charge is 0.222 e. The van der Waals surface area contributed by atoms with Gasteiger partial charge >= 0.3 is 0 Å². The number of aryl methyl sites for hydroxylation is 2. The molecule has 3 rings (SSSR count). The first kappa shape index (κ1) is 13.1. The van der Waals surface area contributed by atoms with Crippen molar-refractivity contribution in [3.63, 3.8) is 0 Å². The third-order valence-electron chi connectivity index (χ3n) is 3.22. The highest BCUT2D eigenvalue weighted by Crippen LogP contribution is 2.32. The number of para-hydroxylation sites is 1. The summed E-state index contributed by atoms with van der Waals surface area (Å²) in [6, 6.07) is 9.86. The third-order valence-corrected chi connectivity index (χ3v) is 3.79. The maximum absolute atomic E-state index is 6.07. The molecule has 5 heteroatoms. The van der Waals surface area contributed by atoms with Gasteiger partial charge in [-0.3, -0.25) is 4.98 Å². The van der Waals surface area contributed by atoms with E-state index in [0.717, 1.165) is 33.8 Å². The highest BCUT2D eigenvalue weighted by atomic mass is 79.9. The van der Waals surface area contributed by atoms with E-state index in [2.05, 4.69) is 26.0 Å². The molecule has 0 spiro atoms. The van der Waals surface area contributed by atoms with E-state index in [1.54, 1.807) is 10.9 Å². The number of benzene rings is 1. The Morgan fingerprint density at radius 3 is 2.85 bits per heavy atom. The fourth-order valence-corrected chi connectivity index (χ4v) is 2.87. The second kappa shape index (κ2) is 5.25. The maximum atomic E-state index is 6.07. The van der Waals surface area contributed by atoms with Crippen molar-refractivity contribution in [3.8, 4) is 11.6 Å². The maximum Gasteiger partial charge on any atom is 0.222 e. The van der Waals surface area contributed by atoms with Crippen LogP contribution in [0.25, 0.3) is 10.9 Å². The molecule has 0 saturated carbocycles. The molecule has 2 heterocycles. The summed E-state index contributed by atoms with van der Waals surface area (Å²) in [7, 11) is 1.88. The van der Waals surface area contributed by atoms with Crippen LogP contribution >= 0.6 is 15.9 Å². The summed E-state index contributed by atoms with van der Waals surface area (Å²) in [5.41, 5.74) is 2.88. The Kier molecular flexibility index (Phi) is 3.44.